The molecule has 0 unspecified atom stereocenters. The van der Waals surface area contributed by atoms with Crippen LogP contribution in [0.25, 0.3) is 11.0 Å². The first kappa shape index (κ1) is 17.3. The van der Waals surface area contributed by atoms with Gasteiger partial charge in [0.25, 0.3) is 5.91 Å². The Morgan fingerprint density at radius 2 is 1.88 bits per heavy atom. The number of carbonyl (C=O) groups is 1. The number of benzene rings is 2. The molecule has 2 aromatic carbocycles. The first-order chi connectivity index (χ1) is 12.6. The van der Waals surface area contributed by atoms with Gasteiger partial charge in [-0.05, 0) is 30.7 Å². The summed E-state index contributed by atoms with van der Waals surface area (Å²) in [4.78, 5) is 24.1. The van der Waals surface area contributed by atoms with Gasteiger partial charge in [-0.2, -0.15) is 0 Å². The van der Waals surface area contributed by atoms with Gasteiger partial charge in [-0.15, -0.1) is 0 Å². The SMILES string of the molecule is Cc1ccccc1OCC#CCNC(=O)c1cc2ccccc2oc1=O. The molecule has 3 aromatic rings. The van der Waals surface area contributed by atoms with Crippen molar-refractivity contribution in [3.63, 3.8) is 0 Å². The lowest BCUT2D eigenvalue weighted by atomic mass is 10.2. The smallest absolute Gasteiger partial charge is 0.349 e. The van der Waals surface area contributed by atoms with Crippen LogP contribution in [0.2, 0.25) is 0 Å². The molecule has 0 fully saturated rings. The fourth-order valence-corrected chi connectivity index (χ4v) is 2.39. The lowest BCUT2D eigenvalue weighted by Crippen LogP contribution is -2.28. The number of amides is 1. The highest BCUT2D eigenvalue weighted by molar-refractivity contribution is 5.96. The minimum Gasteiger partial charge on any atom is -0.481 e. The highest BCUT2D eigenvalue weighted by atomic mass is 16.5. The fourth-order valence-electron chi connectivity index (χ4n) is 2.39. The molecule has 1 heterocycles. The summed E-state index contributed by atoms with van der Waals surface area (Å²) in [6.07, 6.45) is 0. The number of ether oxygens (including phenoxy) is 1. The summed E-state index contributed by atoms with van der Waals surface area (Å²) in [5.74, 6) is 5.88. The standard InChI is InChI=1S/C21H17NO4/c1-15-8-2-4-10-18(15)25-13-7-6-12-22-20(23)17-14-16-9-3-5-11-19(16)26-21(17)24/h2-5,8-11,14H,12-13H2,1H3,(H,22,23). The van der Waals surface area contributed by atoms with Crippen LogP contribution in [-0.2, 0) is 0 Å². The largest absolute Gasteiger partial charge is 0.481 e. The maximum absolute atomic E-state index is 12.1. The van der Waals surface area contributed by atoms with E-state index in [2.05, 4.69) is 17.2 Å². The van der Waals surface area contributed by atoms with Crippen molar-refractivity contribution >= 4 is 16.9 Å². The second-order valence-corrected chi connectivity index (χ2v) is 5.58. The molecule has 3 rings (SSSR count). The molecule has 130 valence electrons. The quantitative estimate of drug-likeness (QED) is 0.582. The molecule has 5 nitrogen and oxygen atoms in total. The summed E-state index contributed by atoms with van der Waals surface area (Å²) in [7, 11) is 0. The van der Waals surface area contributed by atoms with Crippen LogP contribution in [0.15, 0.2) is 63.8 Å². The van der Waals surface area contributed by atoms with E-state index in [0.29, 0.717) is 11.0 Å². The van der Waals surface area contributed by atoms with Crippen LogP contribution in [0.5, 0.6) is 5.75 Å². The Morgan fingerprint density at radius 3 is 2.73 bits per heavy atom. The highest BCUT2D eigenvalue weighted by Gasteiger charge is 2.12. The molecular formula is C21H17NO4. The van der Waals surface area contributed by atoms with Gasteiger partial charge in [0, 0.05) is 5.39 Å². The van der Waals surface area contributed by atoms with Crippen molar-refractivity contribution in [1.29, 1.82) is 0 Å². The number of hydrogen-bond acceptors (Lipinski definition) is 4. The molecular weight excluding hydrogens is 330 g/mol. The molecule has 1 N–H and O–H groups in total. The predicted molar refractivity (Wildman–Crippen MR) is 99.3 cm³/mol. The lowest BCUT2D eigenvalue weighted by Gasteiger charge is -2.04. The van der Waals surface area contributed by atoms with Gasteiger partial charge in [0.05, 0.1) is 6.54 Å². The zero-order chi connectivity index (χ0) is 18.4. The van der Waals surface area contributed by atoms with Crippen molar-refractivity contribution < 1.29 is 13.9 Å². The highest BCUT2D eigenvalue weighted by Crippen LogP contribution is 2.15. The van der Waals surface area contributed by atoms with E-state index in [4.69, 9.17) is 9.15 Å². The zero-order valence-electron chi connectivity index (χ0n) is 14.2. The second kappa shape index (κ2) is 8.04. The minimum absolute atomic E-state index is 0.0401. The Bertz CT molecular complexity index is 1060. The van der Waals surface area contributed by atoms with E-state index in [1.165, 1.54) is 6.07 Å². The third-order valence-corrected chi connectivity index (χ3v) is 3.74. The van der Waals surface area contributed by atoms with Crippen molar-refractivity contribution in [2.24, 2.45) is 0 Å². The third kappa shape index (κ3) is 4.11. The summed E-state index contributed by atoms with van der Waals surface area (Å²) in [5, 5.41) is 3.28. The first-order valence-electron chi connectivity index (χ1n) is 8.10. The number of carbonyl (C=O) groups excluding carboxylic acids is 1. The van der Waals surface area contributed by atoms with Crippen LogP contribution in [0, 0.1) is 18.8 Å². The Labute approximate surface area is 150 Å². The minimum atomic E-state index is -0.669. The second-order valence-electron chi connectivity index (χ2n) is 5.58. The molecule has 0 saturated carbocycles. The molecule has 0 aliphatic carbocycles. The normalized spacial score (nSPS) is 10.0. The summed E-state index contributed by atoms with van der Waals surface area (Å²) < 4.78 is 10.7. The van der Waals surface area contributed by atoms with E-state index in [9.17, 15) is 9.59 Å². The molecule has 1 aromatic heterocycles. The van der Waals surface area contributed by atoms with Crippen LogP contribution in [0.3, 0.4) is 0 Å². The number of para-hydroxylation sites is 2. The molecule has 0 bridgehead atoms. The van der Waals surface area contributed by atoms with Gasteiger partial charge < -0.3 is 14.5 Å². The number of rotatable bonds is 4. The van der Waals surface area contributed by atoms with Crippen LogP contribution in [0.1, 0.15) is 15.9 Å². The molecule has 0 spiro atoms. The first-order valence-corrected chi connectivity index (χ1v) is 8.10. The molecule has 5 heteroatoms. The molecule has 0 radical (unpaired) electrons. The fraction of sp³-hybridized carbons (Fsp3) is 0.143. The van der Waals surface area contributed by atoms with Gasteiger partial charge in [-0.1, -0.05) is 48.2 Å². The zero-order valence-corrected chi connectivity index (χ0v) is 14.2. The third-order valence-electron chi connectivity index (χ3n) is 3.74. The van der Waals surface area contributed by atoms with Gasteiger partial charge >= 0.3 is 5.63 Å². The number of hydrogen-bond donors (Lipinski definition) is 1. The molecule has 0 aliphatic rings. The summed E-state index contributed by atoms with van der Waals surface area (Å²) in [6, 6.07) is 16.2. The predicted octanol–water partition coefficient (Wildman–Crippen LogP) is 2.91. The molecule has 0 aliphatic heterocycles. The summed E-state index contributed by atoms with van der Waals surface area (Å²) in [5.41, 5.74) is 0.770. The van der Waals surface area contributed by atoms with Crippen LogP contribution < -0.4 is 15.7 Å². The van der Waals surface area contributed by atoms with E-state index in [1.54, 1.807) is 18.2 Å². The van der Waals surface area contributed by atoms with Gasteiger partial charge in [-0.3, -0.25) is 4.79 Å². The van der Waals surface area contributed by atoms with Crippen molar-refractivity contribution in [3.05, 3.63) is 76.1 Å². The van der Waals surface area contributed by atoms with E-state index < -0.39 is 11.5 Å². The van der Waals surface area contributed by atoms with Crippen LogP contribution in [-0.4, -0.2) is 19.1 Å². The van der Waals surface area contributed by atoms with E-state index in [0.717, 1.165) is 11.3 Å². The summed E-state index contributed by atoms with van der Waals surface area (Å²) >= 11 is 0. The van der Waals surface area contributed by atoms with Crippen molar-refractivity contribution in [2.75, 3.05) is 13.2 Å². The van der Waals surface area contributed by atoms with Gasteiger partial charge in [0.15, 0.2) is 0 Å². The monoisotopic (exact) mass is 347 g/mol. The average molecular weight is 347 g/mol. The van der Waals surface area contributed by atoms with Gasteiger partial charge in [0.1, 0.15) is 23.5 Å². The molecule has 1 amide bonds. The van der Waals surface area contributed by atoms with Crippen molar-refractivity contribution in [3.8, 4) is 17.6 Å². The van der Waals surface area contributed by atoms with Gasteiger partial charge in [-0.25, -0.2) is 4.79 Å². The molecule has 26 heavy (non-hydrogen) atoms. The number of fused-ring (bicyclic) bond motifs is 1. The molecule has 0 atom stereocenters. The van der Waals surface area contributed by atoms with Crippen LogP contribution in [0.4, 0.5) is 0 Å². The molecule has 0 saturated heterocycles. The topological polar surface area (TPSA) is 68.5 Å². The van der Waals surface area contributed by atoms with E-state index >= 15 is 0 Å². The Kier molecular flexibility index (Phi) is 5.35. The Hall–Kier alpha value is -3.52. The van der Waals surface area contributed by atoms with E-state index in [-0.39, 0.29) is 18.7 Å². The Morgan fingerprint density at radius 1 is 1.12 bits per heavy atom. The average Bonchev–Trinajstić information content (AvgIpc) is 2.65. The summed E-state index contributed by atoms with van der Waals surface area (Å²) in [6.45, 7) is 2.29. The lowest BCUT2D eigenvalue weighted by molar-refractivity contribution is 0.0955. The maximum atomic E-state index is 12.1. The van der Waals surface area contributed by atoms with Crippen molar-refractivity contribution in [1.82, 2.24) is 5.32 Å². The maximum Gasteiger partial charge on any atom is 0.349 e. The number of aryl methyl sites for hydroxylation is 1. The van der Waals surface area contributed by atoms with E-state index in [1.807, 2.05) is 37.3 Å². The van der Waals surface area contributed by atoms with Gasteiger partial charge in [0.2, 0.25) is 0 Å². The Balaban J connectivity index is 1.56. The number of nitrogens with one attached hydrogen (secondary N) is 1. The van der Waals surface area contributed by atoms with Crippen LogP contribution >= 0.6 is 0 Å². The van der Waals surface area contributed by atoms with Crippen molar-refractivity contribution in [2.45, 2.75) is 6.92 Å².